The molecule has 5 unspecified atom stereocenters. The molecule has 7 nitrogen and oxygen atoms in total. The highest BCUT2D eigenvalue weighted by molar-refractivity contribution is 6.05. The number of imide groups is 1. The van der Waals surface area contributed by atoms with Crippen LogP contribution in [0.15, 0.2) is 18.2 Å². The summed E-state index contributed by atoms with van der Waals surface area (Å²) in [7, 11) is 0. The van der Waals surface area contributed by atoms with Crippen LogP contribution in [-0.4, -0.2) is 59.2 Å². The summed E-state index contributed by atoms with van der Waals surface area (Å²) in [6.45, 7) is 4.79. The van der Waals surface area contributed by atoms with E-state index in [1.165, 1.54) is 24.9 Å². The second kappa shape index (κ2) is 6.89. The van der Waals surface area contributed by atoms with Gasteiger partial charge in [0.15, 0.2) is 0 Å². The van der Waals surface area contributed by atoms with E-state index >= 15 is 0 Å². The van der Waals surface area contributed by atoms with Crippen molar-refractivity contribution in [3.63, 3.8) is 0 Å². The number of piperidine rings is 3. The van der Waals surface area contributed by atoms with Crippen molar-refractivity contribution < 1.29 is 14.4 Å². The Bertz CT molecular complexity index is 903. The Labute approximate surface area is 176 Å². The number of nitrogens with zero attached hydrogens (tertiary/aromatic N) is 2. The van der Waals surface area contributed by atoms with E-state index in [4.69, 9.17) is 0 Å². The maximum atomic E-state index is 13.1. The van der Waals surface area contributed by atoms with E-state index in [0.29, 0.717) is 19.0 Å². The zero-order chi connectivity index (χ0) is 20.4. The quantitative estimate of drug-likeness (QED) is 0.726. The Kier molecular flexibility index (Phi) is 4.25. The highest BCUT2D eigenvalue weighted by Gasteiger charge is 2.48. The van der Waals surface area contributed by atoms with Gasteiger partial charge < -0.3 is 10.2 Å². The van der Waals surface area contributed by atoms with Gasteiger partial charge in [0.1, 0.15) is 6.04 Å². The van der Waals surface area contributed by atoms with Crippen molar-refractivity contribution >= 4 is 17.7 Å². The van der Waals surface area contributed by atoms with Crippen LogP contribution in [0.1, 0.15) is 47.2 Å². The molecule has 3 amide bonds. The largest absolute Gasteiger partial charge is 0.322 e. The number of carbonyl (C=O) groups is 3. The van der Waals surface area contributed by atoms with Gasteiger partial charge in [-0.25, -0.2) is 0 Å². The third-order valence-electron chi connectivity index (χ3n) is 8.17. The SMILES string of the molecule is O=C1CCC(N2Cc3c(CN4CC5C6CCC(NC6)C5C4)cccc3C2=O)C(=O)N1. The van der Waals surface area contributed by atoms with Gasteiger partial charge in [0.05, 0.1) is 0 Å². The molecule has 4 saturated heterocycles. The van der Waals surface area contributed by atoms with Crippen molar-refractivity contribution in [2.24, 2.45) is 17.8 Å². The van der Waals surface area contributed by atoms with Crippen LogP contribution >= 0.6 is 0 Å². The third kappa shape index (κ3) is 2.82. The molecule has 0 aromatic heterocycles. The predicted molar refractivity (Wildman–Crippen MR) is 109 cm³/mol. The molecule has 1 saturated carbocycles. The summed E-state index contributed by atoms with van der Waals surface area (Å²) < 4.78 is 0. The van der Waals surface area contributed by atoms with Gasteiger partial charge in [0, 0.05) is 44.2 Å². The zero-order valence-corrected chi connectivity index (χ0v) is 17.1. The number of likely N-dealkylation sites (tertiary alicyclic amines) is 1. The fraction of sp³-hybridized carbons (Fsp3) is 0.609. The van der Waals surface area contributed by atoms with Crippen molar-refractivity contribution in [3.05, 3.63) is 34.9 Å². The Morgan fingerprint density at radius 1 is 1.03 bits per heavy atom. The van der Waals surface area contributed by atoms with E-state index in [1.807, 2.05) is 12.1 Å². The van der Waals surface area contributed by atoms with E-state index in [1.54, 1.807) is 4.90 Å². The Balaban J connectivity index is 1.21. The first-order valence-electron chi connectivity index (χ1n) is 11.3. The minimum Gasteiger partial charge on any atom is -0.322 e. The van der Waals surface area contributed by atoms with Crippen LogP contribution in [0.25, 0.3) is 0 Å². The first-order valence-corrected chi connectivity index (χ1v) is 11.3. The molecule has 5 aliphatic heterocycles. The molecule has 30 heavy (non-hydrogen) atoms. The molecule has 1 aromatic rings. The minimum absolute atomic E-state index is 0.0846. The zero-order valence-electron chi connectivity index (χ0n) is 17.1. The first kappa shape index (κ1) is 18.5. The van der Waals surface area contributed by atoms with Gasteiger partial charge in [-0.05, 0) is 60.8 Å². The monoisotopic (exact) mass is 408 g/mol. The number of rotatable bonds is 3. The normalized spacial score (nSPS) is 35.5. The lowest BCUT2D eigenvalue weighted by Gasteiger charge is -2.45. The summed E-state index contributed by atoms with van der Waals surface area (Å²) in [5, 5.41) is 6.12. The fourth-order valence-corrected chi connectivity index (χ4v) is 6.67. The van der Waals surface area contributed by atoms with E-state index < -0.39 is 6.04 Å². The molecule has 6 aliphatic rings. The minimum atomic E-state index is -0.549. The number of carbonyl (C=O) groups excluding carboxylic acids is 3. The first-order chi connectivity index (χ1) is 14.6. The number of hydrogen-bond acceptors (Lipinski definition) is 5. The standard InChI is InChI=1S/C23H28N4O3/c28-21-7-6-20(22(29)25-21)27-12-17-14(2-1-3-15(17)23(27)30)9-26-10-16-13-4-5-19(24-8-13)18(16)11-26/h1-3,13,16,18-20,24H,4-12H2,(H,25,28,29). The lowest BCUT2D eigenvalue weighted by molar-refractivity contribution is -0.136. The smallest absolute Gasteiger partial charge is 0.255 e. The molecule has 1 aliphatic carbocycles. The van der Waals surface area contributed by atoms with Crippen LogP contribution in [0, 0.1) is 17.8 Å². The van der Waals surface area contributed by atoms with Crippen LogP contribution in [0.5, 0.6) is 0 Å². The van der Waals surface area contributed by atoms with E-state index in [2.05, 4.69) is 21.6 Å². The van der Waals surface area contributed by atoms with Gasteiger partial charge in [-0.3, -0.25) is 24.6 Å². The molecule has 2 N–H and O–H groups in total. The number of benzene rings is 1. The van der Waals surface area contributed by atoms with Crippen LogP contribution in [0.4, 0.5) is 0 Å². The van der Waals surface area contributed by atoms with Crippen LogP contribution < -0.4 is 10.6 Å². The molecule has 5 atom stereocenters. The molecular formula is C23H28N4O3. The lowest BCUT2D eigenvalue weighted by atomic mass is 9.68. The highest BCUT2D eigenvalue weighted by atomic mass is 16.2. The maximum absolute atomic E-state index is 13.1. The van der Waals surface area contributed by atoms with Gasteiger partial charge in [0.2, 0.25) is 11.8 Å². The molecule has 1 aromatic carbocycles. The summed E-state index contributed by atoms with van der Waals surface area (Å²) in [5.41, 5.74) is 2.98. The topological polar surface area (TPSA) is 81.8 Å². The van der Waals surface area contributed by atoms with Gasteiger partial charge in [0.25, 0.3) is 5.91 Å². The summed E-state index contributed by atoms with van der Waals surface area (Å²) >= 11 is 0. The Hall–Kier alpha value is -2.25. The lowest BCUT2D eigenvalue weighted by Crippen LogP contribution is -2.54. The second-order valence-electron chi connectivity index (χ2n) is 9.72. The Morgan fingerprint density at radius 3 is 2.67 bits per heavy atom. The summed E-state index contributed by atoms with van der Waals surface area (Å²) in [4.78, 5) is 41.1. The second-order valence-corrected chi connectivity index (χ2v) is 9.72. The average Bonchev–Trinajstić information content (AvgIpc) is 3.33. The van der Waals surface area contributed by atoms with Crippen molar-refractivity contribution in [2.45, 2.75) is 50.9 Å². The summed E-state index contributed by atoms with van der Waals surface area (Å²) in [5.74, 6) is 1.70. The van der Waals surface area contributed by atoms with Crippen molar-refractivity contribution in [2.75, 3.05) is 19.6 Å². The van der Waals surface area contributed by atoms with Crippen molar-refractivity contribution in [3.8, 4) is 0 Å². The Morgan fingerprint density at radius 2 is 1.90 bits per heavy atom. The van der Waals surface area contributed by atoms with Crippen molar-refractivity contribution in [1.82, 2.24) is 20.4 Å². The number of fused-ring (bicyclic) bond motifs is 3. The van der Waals surface area contributed by atoms with Gasteiger partial charge in [-0.2, -0.15) is 0 Å². The van der Waals surface area contributed by atoms with Gasteiger partial charge >= 0.3 is 0 Å². The molecule has 0 spiro atoms. The van der Waals surface area contributed by atoms with Crippen LogP contribution in [0.2, 0.25) is 0 Å². The third-order valence-corrected chi connectivity index (χ3v) is 8.17. The molecular weight excluding hydrogens is 380 g/mol. The van der Waals surface area contributed by atoms with E-state index in [9.17, 15) is 14.4 Å². The van der Waals surface area contributed by atoms with E-state index in [-0.39, 0.29) is 24.1 Å². The molecule has 0 radical (unpaired) electrons. The van der Waals surface area contributed by atoms with Crippen LogP contribution in [0.3, 0.4) is 0 Å². The highest BCUT2D eigenvalue weighted by Crippen LogP contribution is 2.44. The fourth-order valence-electron chi connectivity index (χ4n) is 6.67. The molecule has 158 valence electrons. The average molecular weight is 409 g/mol. The maximum Gasteiger partial charge on any atom is 0.255 e. The number of nitrogens with one attached hydrogen (secondary N) is 2. The molecule has 5 fully saturated rings. The molecule has 2 bridgehead atoms. The molecule has 7 rings (SSSR count). The number of hydrogen-bond donors (Lipinski definition) is 2. The molecule has 5 heterocycles. The van der Waals surface area contributed by atoms with Crippen molar-refractivity contribution in [1.29, 1.82) is 0 Å². The summed E-state index contributed by atoms with van der Waals surface area (Å²) in [6, 6.07) is 6.10. The van der Waals surface area contributed by atoms with Gasteiger partial charge in [-0.1, -0.05) is 12.1 Å². The van der Waals surface area contributed by atoms with Crippen LogP contribution in [-0.2, 0) is 22.7 Å². The van der Waals surface area contributed by atoms with E-state index in [0.717, 1.165) is 48.5 Å². The predicted octanol–water partition coefficient (Wildman–Crippen LogP) is 0.877. The summed E-state index contributed by atoms with van der Waals surface area (Å²) in [6.07, 6.45) is 3.37. The van der Waals surface area contributed by atoms with Gasteiger partial charge in [-0.15, -0.1) is 0 Å². The molecule has 7 heteroatoms. The number of amides is 3.